The van der Waals surface area contributed by atoms with E-state index in [2.05, 4.69) is 6.58 Å². The van der Waals surface area contributed by atoms with E-state index >= 15 is 0 Å². The van der Waals surface area contributed by atoms with Gasteiger partial charge < -0.3 is 15.3 Å². The monoisotopic (exact) mass is 210 g/mol. The number of benzene rings is 1. The maximum atomic E-state index is 9.19. The molecule has 1 atom stereocenters. The predicted octanol–water partition coefficient (Wildman–Crippen LogP) is 1.48. The molecule has 84 valence electrons. The number of hydrogen-bond acceptors (Lipinski definition) is 3. The summed E-state index contributed by atoms with van der Waals surface area (Å²) in [6.07, 6.45) is 1.94. The van der Waals surface area contributed by atoms with Crippen molar-refractivity contribution in [2.45, 2.75) is 19.4 Å². The van der Waals surface area contributed by atoms with Crippen LogP contribution in [0.2, 0.25) is 0 Å². The number of phenols is 1. The average molecular weight is 210 g/mol. The van der Waals surface area contributed by atoms with E-state index in [4.69, 9.17) is 10.2 Å². The van der Waals surface area contributed by atoms with E-state index in [9.17, 15) is 5.11 Å². The second kappa shape index (κ2) is 8.03. The van der Waals surface area contributed by atoms with E-state index in [1.54, 1.807) is 12.1 Å². The summed E-state index contributed by atoms with van der Waals surface area (Å²) in [7, 11) is 0. The highest BCUT2D eigenvalue weighted by Crippen LogP contribution is 2.15. The minimum absolute atomic E-state index is 0.139. The van der Waals surface area contributed by atoms with Crippen LogP contribution in [0.3, 0.4) is 0 Å². The third kappa shape index (κ3) is 6.71. The largest absolute Gasteiger partial charge is 0.508 e. The summed E-state index contributed by atoms with van der Waals surface area (Å²) >= 11 is 0. The predicted molar refractivity (Wildman–Crippen MR) is 60.8 cm³/mol. The smallest absolute Gasteiger partial charge is 0.119 e. The zero-order chi connectivity index (χ0) is 11.7. The number of phenolic OH excluding ortho intramolecular Hbond substituents is 1. The van der Waals surface area contributed by atoms with Crippen LogP contribution in [0.25, 0.3) is 0 Å². The molecule has 3 N–H and O–H groups in total. The van der Waals surface area contributed by atoms with Crippen LogP contribution in [0.1, 0.15) is 12.5 Å². The number of aliphatic hydroxyl groups is 2. The molecular weight excluding hydrogens is 192 g/mol. The fourth-order valence-electron chi connectivity index (χ4n) is 0.839. The van der Waals surface area contributed by atoms with Crippen LogP contribution in [-0.2, 0) is 6.42 Å². The molecule has 0 aliphatic rings. The molecule has 1 unspecified atom stereocenters. The van der Waals surface area contributed by atoms with Crippen molar-refractivity contribution in [1.29, 1.82) is 0 Å². The minimum Gasteiger partial charge on any atom is -0.508 e. The molecule has 0 aliphatic carbocycles. The topological polar surface area (TPSA) is 60.7 Å². The highest BCUT2D eigenvalue weighted by atomic mass is 16.3. The molecule has 0 radical (unpaired) electrons. The number of para-hydroxylation sites is 1. The van der Waals surface area contributed by atoms with Gasteiger partial charge in [-0.15, -0.1) is 6.58 Å². The van der Waals surface area contributed by atoms with Crippen LogP contribution < -0.4 is 0 Å². The van der Waals surface area contributed by atoms with Gasteiger partial charge in [0, 0.05) is 0 Å². The molecule has 0 bridgehead atoms. The van der Waals surface area contributed by atoms with E-state index in [0.29, 0.717) is 5.75 Å². The van der Waals surface area contributed by atoms with Gasteiger partial charge in [-0.2, -0.15) is 0 Å². The van der Waals surface area contributed by atoms with Crippen LogP contribution in [0.4, 0.5) is 0 Å². The molecule has 0 saturated heterocycles. The minimum atomic E-state index is -0.560. The van der Waals surface area contributed by atoms with E-state index < -0.39 is 6.10 Å². The van der Waals surface area contributed by atoms with Crippen molar-refractivity contribution in [3.63, 3.8) is 0 Å². The molecule has 0 heterocycles. The highest BCUT2D eigenvalue weighted by molar-refractivity contribution is 5.32. The second-order valence-corrected chi connectivity index (χ2v) is 3.15. The zero-order valence-corrected chi connectivity index (χ0v) is 8.93. The van der Waals surface area contributed by atoms with Crippen LogP contribution in [0.5, 0.6) is 5.75 Å². The van der Waals surface area contributed by atoms with E-state index in [-0.39, 0.29) is 6.61 Å². The molecule has 15 heavy (non-hydrogen) atoms. The molecule has 1 rings (SSSR count). The van der Waals surface area contributed by atoms with Gasteiger partial charge in [0.1, 0.15) is 5.75 Å². The van der Waals surface area contributed by atoms with Crippen LogP contribution in [0.15, 0.2) is 36.9 Å². The fourth-order valence-corrected chi connectivity index (χ4v) is 0.839. The Kier molecular flexibility index (Phi) is 7.32. The Bertz CT molecular complexity index is 282. The fraction of sp³-hybridized carbons (Fsp3) is 0.333. The van der Waals surface area contributed by atoms with Gasteiger partial charge in [0.25, 0.3) is 0 Å². The first-order chi connectivity index (χ1) is 7.11. The molecule has 0 spiro atoms. The number of allylic oxidation sites excluding steroid dienone is 1. The SMILES string of the molecule is C=CCc1ccccc1O.CC(O)CO. The Morgan fingerprint density at radius 1 is 1.40 bits per heavy atom. The van der Waals surface area contributed by atoms with Gasteiger partial charge in [-0.05, 0) is 25.0 Å². The van der Waals surface area contributed by atoms with E-state index in [1.807, 2.05) is 18.2 Å². The van der Waals surface area contributed by atoms with Gasteiger partial charge in [-0.25, -0.2) is 0 Å². The number of rotatable bonds is 3. The lowest BCUT2D eigenvalue weighted by atomic mass is 10.1. The molecule has 3 heteroatoms. The lowest BCUT2D eigenvalue weighted by Crippen LogP contribution is -2.03. The molecular formula is C12H18O3. The third-order valence-electron chi connectivity index (χ3n) is 1.62. The Morgan fingerprint density at radius 2 is 1.93 bits per heavy atom. The summed E-state index contributed by atoms with van der Waals surface area (Å²) in [4.78, 5) is 0. The Morgan fingerprint density at radius 3 is 2.33 bits per heavy atom. The van der Waals surface area contributed by atoms with Gasteiger partial charge >= 0.3 is 0 Å². The highest BCUT2D eigenvalue weighted by Gasteiger charge is 1.93. The number of aromatic hydroxyl groups is 1. The molecule has 0 amide bonds. The van der Waals surface area contributed by atoms with Crippen molar-refractivity contribution in [2.75, 3.05) is 6.61 Å². The van der Waals surface area contributed by atoms with Crippen molar-refractivity contribution < 1.29 is 15.3 Å². The molecule has 1 aromatic rings. The van der Waals surface area contributed by atoms with Gasteiger partial charge in [-0.1, -0.05) is 24.3 Å². The molecule has 0 aromatic heterocycles. The summed E-state index contributed by atoms with van der Waals surface area (Å²) in [5.41, 5.74) is 0.928. The van der Waals surface area contributed by atoms with Gasteiger partial charge in [0.05, 0.1) is 12.7 Å². The normalized spacial score (nSPS) is 11.1. The zero-order valence-electron chi connectivity index (χ0n) is 8.93. The van der Waals surface area contributed by atoms with Crippen molar-refractivity contribution in [3.05, 3.63) is 42.5 Å². The lowest BCUT2D eigenvalue weighted by Gasteiger charge is -1.97. The maximum Gasteiger partial charge on any atom is 0.119 e. The molecule has 0 aliphatic heterocycles. The summed E-state index contributed by atoms with van der Waals surface area (Å²) < 4.78 is 0. The van der Waals surface area contributed by atoms with Crippen LogP contribution in [-0.4, -0.2) is 28.0 Å². The summed E-state index contributed by atoms with van der Waals surface area (Å²) in [5, 5.41) is 25.2. The van der Waals surface area contributed by atoms with Gasteiger partial charge in [0.2, 0.25) is 0 Å². The van der Waals surface area contributed by atoms with Crippen molar-refractivity contribution in [2.24, 2.45) is 0 Å². The molecule has 1 aromatic carbocycles. The standard InChI is InChI=1S/C9H10O.C3H8O2/c1-2-5-8-6-3-4-7-9(8)10;1-3(5)2-4/h2-4,6-7,10H,1,5H2;3-5H,2H2,1H3. The lowest BCUT2D eigenvalue weighted by molar-refractivity contribution is 0.110. The van der Waals surface area contributed by atoms with Crippen LogP contribution in [0, 0.1) is 0 Å². The Labute approximate surface area is 90.3 Å². The van der Waals surface area contributed by atoms with Gasteiger partial charge in [0.15, 0.2) is 0 Å². The van der Waals surface area contributed by atoms with Gasteiger partial charge in [-0.3, -0.25) is 0 Å². The average Bonchev–Trinajstić information content (AvgIpc) is 2.23. The van der Waals surface area contributed by atoms with E-state index in [0.717, 1.165) is 12.0 Å². The van der Waals surface area contributed by atoms with Crippen molar-refractivity contribution in [3.8, 4) is 5.75 Å². The Hall–Kier alpha value is -1.32. The Balaban J connectivity index is 0.000000336. The first kappa shape index (κ1) is 13.7. The molecule has 3 nitrogen and oxygen atoms in total. The molecule has 0 saturated carbocycles. The van der Waals surface area contributed by atoms with Crippen molar-refractivity contribution in [1.82, 2.24) is 0 Å². The maximum absolute atomic E-state index is 9.19. The third-order valence-corrected chi connectivity index (χ3v) is 1.62. The summed E-state index contributed by atoms with van der Waals surface area (Å²) in [6, 6.07) is 7.27. The quantitative estimate of drug-likeness (QED) is 0.662. The second-order valence-electron chi connectivity index (χ2n) is 3.15. The summed E-state index contributed by atoms with van der Waals surface area (Å²) in [6.45, 7) is 4.97. The first-order valence-electron chi connectivity index (χ1n) is 4.78. The van der Waals surface area contributed by atoms with Crippen molar-refractivity contribution >= 4 is 0 Å². The van der Waals surface area contributed by atoms with Crippen LogP contribution >= 0.6 is 0 Å². The number of hydrogen-bond donors (Lipinski definition) is 3. The van der Waals surface area contributed by atoms with E-state index in [1.165, 1.54) is 6.92 Å². The first-order valence-corrected chi connectivity index (χ1v) is 4.78. The molecule has 0 fully saturated rings. The number of aliphatic hydroxyl groups excluding tert-OH is 2. The summed E-state index contributed by atoms with van der Waals surface area (Å²) in [5.74, 6) is 0.349.